The Morgan fingerprint density at radius 2 is 1.71 bits per heavy atom. The highest BCUT2D eigenvalue weighted by molar-refractivity contribution is 5.79. The first-order valence-electron chi connectivity index (χ1n) is 5.94. The standard InChI is InChI=1S/C13H18FN3/c1-7(2)11-9-6-10(14)12(8(3)4)15-13(9)17(5)16-11/h6-8H,1-5H3. The minimum Gasteiger partial charge on any atom is -0.250 e. The summed E-state index contributed by atoms with van der Waals surface area (Å²) in [6.07, 6.45) is 0. The highest BCUT2D eigenvalue weighted by atomic mass is 19.1. The van der Waals surface area contributed by atoms with Gasteiger partial charge in [-0.3, -0.25) is 4.68 Å². The van der Waals surface area contributed by atoms with Gasteiger partial charge in [0.15, 0.2) is 5.65 Å². The van der Waals surface area contributed by atoms with Crippen LogP contribution in [0.15, 0.2) is 6.07 Å². The molecule has 0 saturated carbocycles. The van der Waals surface area contributed by atoms with Crippen LogP contribution in [0.1, 0.15) is 50.9 Å². The van der Waals surface area contributed by atoms with Crippen molar-refractivity contribution in [3.8, 4) is 0 Å². The smallest absolute Gasteiger partial charge is 0.158 e. The van der Waals surface area contributed by atoms with E-state index in [-0.39, 0.29) is 17.7 Å². The van der Waals surface area contributed by atoms with Gasteiger partial charge in [0, 0.05) is 12.4 Å². The molecule has 0 bridgehead atoms. The quantitative estimate of drug-likeness (QED) is 0.799. The van der Waals surface area contributed by atoms with Crippen molar-refractivity contribution < 1.29 is 4.39 Å². The van der Waals surface area contributed by atoms with Crippen LogP contribution in [0.4, 0.5) is 4.39 Å². The number of pyridine rings is 1. The number of hydrogen-bond acceptors (Lipinski definition) is 2. The molecule has 17 heavy (non-hydrogen) atoms. The Labute approximate surface area is 101 Å². The van der Waals surface area contributed by atoms with E-state index in [9.17, 15) is 4.39 Å². The lowest BCUT2D eigenvalue weighted by molar-refractivity contribution is 0.587. The van der Waals surface area contributed by atoms with Crippen molar-refractivity contribution in [2.45, 2.75) is 39.5 Å². The van der Waals surface area contributed by atoms with Gasteiger partial charge in [-0.2, -0.15) is 5.10 Å². The summed E-state index contributed by atoms with van der Waals surface area (Å²) in [5, 5.41) is 5.24. The molecule has 0 unspecified atom stereocenters. The molecule has 3 nitrogen and oxygen atoms in total. The Kier molecular flexibility index (Phi) is 2.89. The third-order valence-corrected chi connectivity index (χ3v) is 2.92. The molecule has 0 saturated heterocycles. The van der Waals surface area contributed by atoms with Crippen molar-refractivity contribution >= 4 is 11.0 Å². The van der Waals surface area contributed by atoms with Crippen LogP contribution < -0.4 is 0 Å². The molecule has 2 aromatic rings. The molecule has 2 heterocycles. The first-order valence-corrected chi connectivity index (χ1v) is 5.94. The first kappa shape index (κ1) is 12.0. The van der Waals surface area contributed by atoms with E-state index < -0.39 is 0 Å². The monoisotopic (exact) mass is 235 g/mol. The van der Waals surface area contributed by atoms with Crippen LogP contribution in [0.5, 0.6) is 0 Å². The number of fused-ring (bicyclic) bond motifs is 1. The SMILES string of the molecule is CC(C)c1nc2c(cc1F)c(C(C)C)nn2C. The van der Waals surface area contributed by atoms with E-state index in [1.54, 1.807) is 10.7 Å². The number of nitrogens with zero attached hydrogens (tertiary/aromatic N) is 3. The molecule has 0 radical (unpaired) electrons. The lowest BCUT2D eigenvalue weighted by Crippen LogP contribution is -2.00. The number of aromatic nitrogens is 3. The lowest BCUT2D eigenvalue weighted by atomic mass is 10.0. The van der Waals surface area contributed by atoms with E-state index in [1.807, 2.05) is 20.9 Å². The molecule has 0 aliphatic heterocycles. The molecule has 0 fully saturated rings. The summed E-state index contributed by atoms with van der Waals surface area (Å²) in [6.45, 7) is 7.99. The summed E-state index contributed by atoms with van der Waals surface area (Å²) in [6, 6.07) is 1.57. The predicted molar refractivity (Wildman–Crippen MR) is 66.6 cm³/mol. The molecule has 0 spiro atoms. The van der Waals surface area contributed by atoms with Crippen molar-refractivity contribution in [2.24, 2.45) is 7.05 Å². The van der Waals surface area contributed by atoms with Gasteiger partial charge in [-0.25, -0.2) is 9.37 Å². The van der Waals surface area contributed by atoms with Gasteiger partial charge in [-0.05, 0) is 17.9 Å². The second-order valence-corrected chi connectivity index (χ2v) is 5.04. The number of hydrogen-bond donors (Lipinski definition) is 0. The van der Waals surface area contributed by atoms with Crippen LogP contribution in [0.2, 0.25) is 0 Å². The maximum atomic E-state index is 13.9. The zero-order chi connectivity index (χ0) is 12.7. The first-order chi connectivity index (χ1) is 7.91. The second-order valence-electron chi connectivity index (χ2n) is 5.04. The summed E-state index contributed by atoms with van der Waals surface area (Å²) < 4.78 is 15.7. The molecular formula is C13H18FN3. The largest absolute Gasteiger partial charge is 0.250 e. The van der Waals surface area contributed by atoms with Crippen LogP contribution in [-0.2, 0) is 7.05 Å². The molecule has 0 aliphatic carbocycles. The molecule has 0 aliphatic rings. The van der Waals surface area contributed by atoms with Gasteiger partial charge in [0.05, 0.1) is 11.4 Å². The summed E-state index contributed by atoms with van der Waals surface area (Å²) in [5.41, 5.74) is 2.18. The van der Waals surface area contributed by atoms with Gasteiger partial charge in [-0.1, -0.05) is 27.7 Å². The average Bonchev–Trinajstić information content (AvgIpc) is 2.54. The van der Waals surface area contributed by atoms with Crippen molar-refractivity contribution in [1.29, 1.82) is 0 Å². The molecule has 0 amide bonds. The van der Waals surface area contributed by atoms with Crippen molar-refractivity contribution in [3.05, 3.63) is 23.3 Å². The fraction of sp³-hybridized carbons (Fsp3) is 0.538. The summed E-state index contributed by atoms with van der Waals surface area (Å²) >= 11 is 0. The van der Waals surface area contributed by atoms with Crippen LogP contribution in [0.25, 0.3) is 11.0 Å². The Morgan fingerprint density at radius 1 is 1.12 bits per heavy atom. The third kappa shape index (κ3) is 1.92. The Morgan fingerprint density at radius 3 is 2.24 bits per heavy atom. The maximum Gasteiger partial charge on any atom is 0.158 e. The molecule has 0 aromatic carbocycles. The molecule has 92 valence electrons. The predicted octanol–water partition coefficient (Wildman–Crippen LogP) is 3.35. The zero-order valence-corrected chi connectivity index (χ0v) is 11.0. The van der Waals surface area contributed by atoms with Crippen molar-refractivity contribution in [1.82, 2.24) is 14.8 Å². The van der Waals surface area contributed by atoms with Crippen LogP contribution in [0, 0.1) is 5.82 Å². The second kappa shape index (κ2) is 4.09. The van der Waals surface area contributed by atoms with Gasteiger partial charge in [-0.15, -0.1) is 0 Å². The van der Waals surface area contributed by atoms with E-state index in [2.05, 4.69) is 23.9 Å². The molecule has 2 aromatic heterocycles. The van der Waals surface area contributed by atoms with Gasteiger partial charge in [0.25, 0.3) is 0 Å². The normalized spacial score (nSPS) is 12.0. The maximum absolute atomic E-state index is 13.9. The van der Waals surface area contributed by atoms with Gasteiger partial charge in [0.2, 0.25) is 0 Å². The van der Waals surface area contributed by atoms with Crippen LogP contribution >= 0.6 is 0 Å². The van der Waals surface area contributed by atoms with Crippen molar-refractivity contribution in [2.75, 3.05) is 0 Å². The van der Waals surface area contributed by atoms with E-state index in [1.165, 1.54) is 0 Å². The van der Waals surface area contributed by atoms with Gasteiger partial charge < -0.3 is 0 Å². The number of halogens is 1. The Balaban J connectivity index is 2.76. The molecular weight excluding hydrogens is 217 g/mol. The molecule has 0 atom stereocenters. The molecule has 0 N–H and O–H groups in total. The molecule has 4 heteroatoms. The number of aryl methyl sites for hydroxylation is 1. The van der Waals surface area contributed by atoms with Crippen molar-refractivity contribution in [3.63, 3.8) is 0 Å². The van der Waals surface area contributed by atoms with Gasteiger partial charge in [0.1, 0.15) is 5.82 Å². The van der Waals surface area contributed by atoms with E-state index in [0.717, 1.165) is 16.7 Å². The fourth-order valence-electron chi connectivity index (χ4n) is 2.02. The minimum atomic E-state index is -0.234. The van der Waals surface area contributed by atoms with Crippen LogP contribution in [0.3, 0.4) is 0 Å². The topological polar surface area (TPSA) is 30.7 Å². The molecule has 2 rings (SSSR count). The number of rotatable bonds is 2. The zero-order valence-electron chi connectivity index (χ0n) is 11.0. The Hall–Kier alpha value is -1.45. The summed E-state index contributed by atoms with van der Waals surface area (Å²) in [5.74, 6) is 0.115. The van der Waals surface area contributed by atoms with Gasteiger partial charge >= 0.3 is 0 Å². The highest BCUT2D eigenvalue weighted by Crippen LogP contribution is 2.26. The fourth-order valence-corrected chi connectivity index (χ4v) is 2.02. The van der Waals surface area contributed by atoms with E-state index in [4.69, 9.17) is 0 Å². The lowest BCUT2D eigenvalue weighted by Gasteiger charge is -2.06. The average molecular weight is 235 g/mol. The summed E-state index contributed by atoms with van der Waals surface area (Å²) in [7, 11) is 1.85. The van der Waals surface area contributed by atoms with Crippen LogP contribution in [-0.4, -0.2) is 14.8 Å². The third-order valence-electron chi connectivity index (χ3n) is 2.92. The Bertz CT molecular complexity index is 555. The highest BCUT2D eigenvalue weighted by Gasteiger charge is 2.17. The van der Waals surface area contributed by atoms with E-state index in [0.29, 0.717) is 5.69 Å². The minimum absolute atomic E-state index is 0.0804. The summed E-state index contributed by atoms with van der Waals surface area (Å²) in [4.78, 5) is 4.40. The van der Waals surface area contributed by atoms with E-state index >= 15 is 0 Å².